The van der Waals surface area contributed by atoms with Crippen LogP contribution in [0.15, 0.2) is 42.5 Å². The van der Waals surface area contributed by atoms with Gasteiger partial charge in [0.05, 0.1) is 6.04 Å². The van der Waals surface area contributed by atoms with Crippen LogP contribution in [0.1, 0.15) is 11.6 Å². The first kappa shape index (κ1) is 13.8. The fourth-order valence-corrected chi connectivity index (χ4v) is 1.82. The standard InChI is InChI=1S/C14H12ClF2NO/c15-9-2-1-3-11(6-9)19-8-14(18)12-5-4-10(16)7-13(12)17/h1-7,14H,8,18H2. The molecule has 19 heavy (non-hydrogen) atoms. The van der Waals surface area contributed by atoms with Crippen LogP contribution in [0.25, 0.3) is 0 Å². The van der Waals surface area contributed by atoms with Crippen LogP contribution in [0.3, 0.4) is 0 Å². The van der Waals surface area contributed by atoms with Crippen molar-refractivity contribution in [1.82, 2.24) is 0 Å². The predicted octanol–water partition coefficient (Wildman–Crippen LogP) is 3.70. The summed E-state index contributed by atoms with van der Waals surface area (Å²) in [6.07, 6.45) is 0. The summed E-state index contributed by atoms with van der Waals surface area (Å²) < 4.78 is 31.7. The van der Waals surface area contributed by atoms with Gasteiger partial charge in [0.2, 0.25) is 0 Å². The van der Waals surface area contributed by atoms with Gasteiger partial charge in [-0.25, -0.2) is 8.78 Å². The molecule has 2 aromatic rings. The van der Waals surface area contributed by atoms with Gasteiger partial charge in [0, 0.05) is 16.7 Å². The molecule has 0 fully saturated rings. The molecule has 100 valence electrons. The van der Waals surface area contributed by atoms with Crippen LogP contribution in [0, 0.1) is 11.6 Å². The molecule has 0 amide bonds. The molecule has 1 atom stereocenters. The van der Waals surface area contributed by atoms with Crippen molar-refractivity contribution < 1.29 is 13.5 Å². The van der Waals surface area contributed by atoms with Gasteiger partial charge in [0.15, 0.2) is 0 Å². The number of benzene rings is 2. The molecular weight excluding hydrogens is 272 g/mol. The molecule has 0 aromatic heterocycles. The van der Waals surface area contributed by atoms with Crippen molar-refractivity contribution in [3.05, 3.63) is 64.7 Å². The summed E-state index contributed by atoms with van der Waals surface area (Å²) >= 11 is 5.81. The Morgan fingerprint density at radius 3 is 2.63 bits per heavy atom. The number of hydrogen-bond acceptors (Lipinski definition) is 2. The smallest absolute Gasteiger partial charge is 0.131 e. The van der Waals surface area contributed by atoms with Crippen molar-refractivity contribution in [2.24, 2.45) is 5.73 Å². The third kappa shape index (κ3) is 3.66. The van der Waals surface area contributed by atoms with Crippen molar-refractivity contribution in [3.8, 4) is 5.75 Å². The molecule has 5 heteroatoms. The normalized spacial score (nSPS) is 12.2. The minimum atomic E-state index is -0.681. The van der Waals surface area contributed by atoms with E-state index >= 15 is 0 Å². The first-order valence-corrected chi connectivity index (χ1v) is 6.03. The summed E-state index contributed by atoms with van der Waals surface area (Å²) in [5.74, 6) is -0.767. The van der Waals surface area contributed by atoms with E-state index in [2.05, 4.69) is 0 Å². The second-order valence-corrected chi connectivity index (χ2v) is 4.48. The minimum absolute atomic E-state index is 0.0723. The van der Waals surface area contributed by atoms with Gasteiger partial charge in [0.1, 0.15) is 24.0 Å². The van der Waals surface area contributed by atoms with Gasteiger partial charge in [-0.2, -0.15) is 0 Å². The Kier molecular flexibility index (Phi) is 4.35. The Balaban J connectivity index is 2.03. The zero-order valence-electron chi connectivity index (χ0n) is 9.95. The lowest BCUT2D eigenvalue weighted by molar-refractivity contribution is 0.287. The van der Waals surface area contributed by atoms with E-state index in [-0.39, 0.29) is 12.2 Å². The average Bonchev–Trinajstić information content (AvgIpc) is 2.36. The zero-order chi connectivity index (χ0) is 13.8. The summed E-state index contributed by atoms with van der Waals surface area (Å²) in [5.41, 5.74) is 6.02. The lowest BCUT2D eigenvalue weighted by atomic mass is 10.1. The molecule has 0 spiro atoms. The first-order chi connectivity index (χ1) is 9.06. The Morgan fingerprint density at radius 1 is 1.16 bits per heavy atom. The highest BCUT2D eigenvalue weighted by molar-refractivity contribution is 6.30. The first-order valence-electron chi connectivity index (χ1n) is 5.65. The second-order valence-electron chi connectivity index (χ2n) is 4.04. The highest BCUT2D eigenvalue weighted by Crippen LogP contribution is 2.20. The molecule has 2 aromatic carbocycles. The summed E-state index contributed by atoms with van der Waals surface area (Å²) in [6, 6.07) is 9.41. The maximum Gasteiger partial charge on any atom is 0.131 e. The summed E-state index contributed by atoms with van der Waals surface area (Å²) in [7, 11) is 0. The zero-order valence-corrected chi connectivity index (χ0v) is 10.7. The summed E-state index contributed by atoms with van der Waals surface area (Å²) in [4.78, 5) is 0. The number of ether oxygens (including phenoxy) is 1. The van der Waals surface area contributed by atoms with Crippen LogP contribution >= 0.6 is 11.6 Å². The molecule has 1 unspecified atom stereocenters. The van der Waals surface area contributed by atoms with E-state index in [1.54, 1.807) is 24.3 Å². The molecule has 0 radical (unpaired) electrons. The average molecular weight is 284 g/mol. The lowest BCUT2D eigenvalue weighted by Gasteiger charge is -2.14. The van der Waals surface area contributed by atoms with E-state index in [9.17, 15) is 8.78 Å². The van der Waals surface area contributed by atoms with Crippen LogP contribution in [-0.4, -0.2) is 6.61 Å². The van der Waals surface area contributed by atoms with Gasteiger partial charge in [-0.15, -0.1) is 0 Å². The molecule has 2 nitrogen and oxygen atoms in total. The van der Waals surface area contributed by atoms with Crippen LogP contribution < -0.4 is 10.5 Å². The number of nitrogens with two attached hydrogens (primary N) is 1. The fraction of sp³-hybridized carbons (Fsp3) is 0.143. The van der Waals surface area contributed by atoms with Gasteiger partial charge < -0.3 is 10.5 Å². The number of rotatable bonds is 4. The summed E-state index contributed by atoms with van der Waals surface area (Å²) in [6.45, 7) is 0.0723. The van der Waals surface area contributed by atoms with Crippen LogP contribution in [0.5, 0.6) is 5.75 Å². The van der Waals surface area contributed by atoms with E-state index in [1.807, 2.05) is 0 Å². The molecule has 0 heterocycles. The van der Waals surface area contributed by atoms with Crippen molar-refractivity contribution in [2.45, 2.75) is 6.04 Å². The SMILES string of the molecule is NC(COc1cccc(Cl)c1)c1ccc(F)cc1F. The van der Waals surface area contributed by atoms with E-state index in [1.165, 1.54) is 6.07 Å². The number of hydrogen-bond donors (Lipinski definition) is 1. The van der Waals surface area contributed by atoms with Crippen LogP contribution in [0.4, 0.5) is 8.78 Å². The number of halogens is 3. The van der Waals surface area contributed by atoms with E-state index in [4.69, 9.17) is 22.1 Å². The largest absolute Gasteiger partial charge is 0.492 e. The highest BCUT2D eigenvalue weighted by atomic mass is 35.5. The van der Waals surface area contributed by atoms with Crippen LogP contribution in [0.2, 0.25) is 5.02 Å². The maximum atomic E-state index is 13.5. The molecule has 0 aliphatic heterocycles. The molecule has 2 N–H and O–H groups in total. The van der Waals surface area contributed by atoms with Crippen molar-refractivity contribution in [1.29, 1.82) is 0 Å². The van der Waals surface area contributed by atoms with E-state index in [0.29, 0.717) is 10.8 Å². The van der Waals surface area contributed by atoms with Gasteiger partial charge in [-0.05, 0) is 24.3 Å². The molecule has 0 aliphatic rings. The molecule has 2 rings (SSSR count). The quantitative estimate of drug-likeness (QED) is 0.929. The third-order valence-corrected chi connectivity index (χ3v) is 2.82. The molecule has 0 saturated carbocycles. The fourth-order valence-electron chi connectivity index (χ4n) is 1.63. The predicted molar refractivity (Wildman–Crippen MR) is 70.2 cm³/mol. The lowest BCUT2D eigenvalue weighted by Crippen LogP contribution is -2.20. The third-order valence-electron chi connectivity index (χ3n) is 2.59. The van der Waals surface area contributed by atoms with E-state index < -0.39 is 17.7 Å². The van der Waals surface area contributed by atoms with Gasteiger partial charge >= 0.3 is 0 Å². The Labute approximate surface area is 114 Å². The van der Waals surface area contributed by atoms with Gasteiger partial charge in [-0.1, -0.05) is 23.7 Å². The van der Waals surface area contributed by atoms with Crippen molar-refractivity contribution >= 4 is 11.6 Å². The van der Waals surface area contributed by atoms with Crippen LogP contribution in [-0.2, 0) is 0 Å². The highest BCUT2D eigenvalue weighted by Gasteiger charge is 2.13. The molecule has 0 aliphatic carbocycles. The van der Waals surface area contributed by atoms with Gasteiger partial charge in [-0.3, -0.25) is 0 Å². The molecular formula is C14H12ClF2NO. The topological polar surface area (TPSA) is 35.2 Å². The Morgan fingerprint density at radius 2 is 1.95 bits per heavy atom. The van der Waals surface area contributed by atoms with Crippen molar-refractivity contribution in [3.63, 3.8) is 0 Å². The van der Waals surface area contributed by atoms with Gasteiger partial charge in [0.25, 0.3) is 0 Å². The Hall–Kier alpha value is -1.65. The molecule has 0 bridgehead atoms. The Bertz CT molecular complexity index is 577. The monoisotopic (exact) mass is 283 g/mol. The van der Waals surface area contributed by atoms with Crippen molar-refractivity contribution in [2.75, 3.05) is 6.61 Å². The summed E-state index contributed by atoms with van der Waals surface area (Å²) in [5, 5.41) is 0.541. The molecule has 0 saturated heterocycles. The second kappa shape index (κ2) is 5.99. The maximum absolute atomic E-state index is 13.5. The van der Waals surface area contributed by atoms with E-state index in [0.717, 1.165) is 12.1 Å². The minimum Gasteiger partial charge on any atom is -0.492 e.